The average Bonchev–Trinajstić information content (AvgIpc) is 3.15. The van der Waals surface area contributed by atoms with Gasteiger partial charge in [0.2, 0.25) is 0 Å². The maximum absolute atomic E-state index is 13.3. The van der Waals surface area contributed by atoms with E-state index in [1.54, 1.807) is 48.5 Å². The van der Waals surface area contributed by atoms with Gasteiger partial charge < -0.3 is 4.74 Å². The number of halogens is 1. The lowest BCUT2D eigenvalue weighted by atomic mass is 10.2. The van der Waals surface area contributed by atoms with Gasteiger partial charge in [-0.15, -0.1) is 0 Å². The van der Waals surface area contributed by atoms with Crippen LogP contribution in [0.2, 0.25) is 5.02 Å². The standard InChI is InChI=1S/C21H16ClN3O2S/c1-27-17-8-5-14(6-9-17)20(26)25(13-16-4-2-3-11-23-16)21-24-18-10-7-15(22)12-19(18)28-21/h2-12H,13H2,1H3. The van der Waals surface area contributed by atoms with Crippen molar-refractivity contribution in [2.24, 2.45) is 0 Å². The molecular formula is C21H16ClN3O2S. The van der Waals surface area contributed by atoms with Gasteiger partial charge >= 0.3 is 0 Å². The van der Waals surface area contributed by atoms with Crippen LogP contribution in [0, 0.1) is 0 Å². The predicted octanol–water partition coefficient (Wildman–Crippen LogP) is 5.20. The molecule has 28 heavy (non-hydrogen) atoms. The molecule has 0 aliphatic carbocycles. The Morgan fingerprint density at radius 3 is 2.68 bits per heavy atom. The number of thiazole rings is 1. The zero-order valence-corrected chi connectivity index (χ0v) is 16.6. The smallest absolute Gasteiger partial charge is 0.260 e. The van der Waals surface area contributed by atoms with Crippen molar-refractivity contribution in [3.8, 4) is 5.75 Å². The highest BCUT2D eigenvalue weighted by molar-refractivity contribution is 7.22. The lowest BCUT2D eigenvalue weighted by Crippen LogP contribution is -2.30. The van der Waals surface area contributed by atoms with E-state index in [0.717, 1.165) is 15.9 Å². The molecule has 4 aromatic rings. The number of anilines is 1. The summed E-state index contributed by atoms with van der Waals surface area (Å²) in [5.74, 6) is 0.543. The van der Waals surface area contributed by atoms with Crippen molar-refractivity contribution < 1.29 is 9.53 Å². The number of benzene rings is 2. The summed E-state index contributed by atoms with van der Waals surface area (Å²) >= 11 is 7.53. The first-order valence-corrected chi connectivity index (χ1v) is 9.75. The van der Waals surface area contributed by atoms with Crippen LogP contribution in [0.1, 0.15) is 16.1 Å². The van der Waals surface area contributed by atoms with Gasteiger partial charge in [-0.05, 0) is 54.6 Å². The third-order valence-corrected chi connectivity index (χ3v) is 5.47. The Morgan fingerprint density at radius 1 is 1.14 bits per heavy atom. The molecule has 0 bridgehead atoms. The maximum atomic E-state index is 13.3. The first-order chi connectivity index (χ1) is 13.6. The van der Waals surface area contributed by atoms with E-state index < -0.39 is 0 Å². The number of aromatic nitrogens is 2. The Bertz CT molecular complexity index is 1110. The van der Waals surface area contributed by atoms with Crippen molar-refractivity contribution in [3.63, 3.8) is 0 Å². The van der Waals surface area contributed by atoms with E-state index in [9.17, 15) is 4.79 Å². The molecule has 1 amide bonds. The number of pyridine rings is 1. The number of nitrogens with zero attached hydrogens (tertiary/aromatic N) is 3. The van der Waals surface area contributed by atoms with E-state index in [1.807, 2.05) is 30.3 Å². The van der Waals surface area contributed by atoms with Crippen LogP contribution < -0.4 is 9.64 Å². The van der Waals surface area contributed by atoms with Gasteiger partial charge in [0.15, 0.2) is 5.13 Å². The fraction of sp³-hybridized carbons (Fsp3) is 0.0952. The van der Waals surface area contributed by atoms with Crippen molar-refractivity contribution in [3.05, 3.63) is 83.1 Å². The van der Waals surface area contributed by atoms with Crippen LogP contribution in [-0.2, 0) is 6.54 Å². The van der Waals surface area contributed by atoms with Gasteiger partial charge in [-0.2, -0.15) is 0 Å². The summed E-state index contributed by atoms with van der Waals surface area (Å²) in [5.41, 5.74) is 2.13. The van der Waals surface area contributed by atoms with Gasteiger partial charge in [0.1, 0.15) is 5.75 Å². The normalized spacial score (nSPS) is 10.8. The molecule has 0 aliphatic heterocycles. The Labute approximate surface area is 171 Å². The van der Waals surface area contributed by atoms with Gasteiger partial charge in [0.05, 0.1) is 29.6 Å². The fourth-order valence-electron chi connectivity index (χ4n) is 2.77. The van der Waals surface area contributed by atoms with Crippen molar-refractivity contribution in [2.75, 3.05) is 12.0 Å². The van der Waals surface area contributed by atoms with Gasteiger partial charge in [-0.25, -0.2) is 4.98 Å². The van der Waals surface area contributed by atoms with E-state index in [4.69, 9.17) is 16.3 Å². The van der Waals surface area contributed by atoms with Gasteiger partial charge in [0.25, 0.3) is 5.91 Å². The summed E-state index contributed by atoms with van der Waals surface area (Å²) in [7, 11) is 1.59. The highest BCUT2D eigenvalue weighted by Gasteiger charge is 2.22. The second-order valence-corrected chi connectivity index (χ2v) is 7.49. The largest absolute Gasteiger partial charge is 0.497 e. The third-order valence-electron chi connectivity index (χ3n) is 4.20. The second-order valence-electron chi connectivity index (χ2n) is 6.05. The van der Waals surface area contributed by atoms with Crippen molar-refractivity contribution in [1.82, 2.24) is 9.97 Å². The van der Waals surface area contributed by atoms with Crippen LogP contribution >= 0.6 is 22.9 Å². The minimum atomic E-state index is -0.154. The molecule has 0 saturated heterocycles. The molecule has 0 unspecified atom stereocenters. The fourth-order valence-corrected chi connectivity index (χ4v) is 4.01. The molecule has 2 heterocycles. The zero-order valence-electron chi connectivity index (χ0n) is 15.0. The van der Waals surface area contributed by atoms with Crippen LogP contribution in [0.15, 0.2) is 66.9 Å². The number of amides is 1. The molecule has 2 aromatic heterocycles. The molecule has 0 N–H and O–H groups in total. The number of ether oxygens (including phenoxy) is 1. The van der Waals surface area contributed by atoms with Crippen molar-refractivity contribution >= 4 is 44.2 Å². The number of carbonyl (C=O) groups is 1. The van der Waals surface area contributed by atoms with E-state index in [1.165, 1.54) is 11.3 Å². The first-order valence-electron chi connectivity index (χ1n) is 8.56. The Morgan fingerprint density at radius 2 is 1.96 bits per heavy atom. The first kappa shape index (κ1) is 18.4. The Hall–Kier alpha value is -2.96. The van der Waals surface area contributed by atoms with E-state index in [-0.39, 0.29) is 5.91 Å². The molecular weight excluding hydrogens is 394 g/mol. The summed E-state index contributed by atoms with van der Waals surface area (Å²) in [6.45, 7) is 0.319. The summed E-state index contributed by atoms with van der Waals surface area (Å²) in [6.07, 6.45) is 1.71. The number of carbonyl (C=O) groups excluding carboxylic acids is 1. The monoisotopic (exact) mass is 409 g/mol. The number of hydrogen-bond donors (Lipinski definition) is 0. The van der Waals surface area contributed by atoms with Crippen LogP contribution in [0.3, 0.4) is 0 Å². The molecule has 2 aromatic carbocycles. The van der Waals surface area contributed by atoms with Crippen molar-refractivity contribution in [2.45, 2.75) is 6.54 Å². The molecule has 0 aliphatic rings. The Kier molecular flexibility index (Phi) is 5.23. The van der Waals surface area contributed by atoms with Gasteiger partial charge in [0, 0.05) is 16.8 Å². The molecule has 5 nitrogen and oxygen atoms in total. The van der Waals surface area contributed by atoms with Crippen LogP contribution in [0.5, 0.6) is 5.75 Å². The lowest BCUT2D eigenvalue weighted by Gasteiger charge is -2.19. The quantitative estimate of drug-likeness (QED) is 0.454. The second kappa shape index (κ2) is 7.96. The van der Waals surface area contributed by atoms with Gasteiger partial charge in [-0.1, -0.05) is 29.0 Å². The molecule has 7 heteroatoms. The summed E-state index contributed by atoms with van der Waals surface area (Å²) in [6, 6.07) is 18.2. The summed E-state index contributed by atoms with van der Waals surface area (Å²) < 4.78 is 6.11. The number of methoxy groups -OCH3 is 1. The lowest BCUT2D eigenvalue weighted by molar-refractivity contribution is 0.0985. The third kappa shape index (κ3) is 3.83. The predicted molar refractivity (Wildman–Crippen MR) is 112 cm³/mol. The minimum absolute atomic E-state index is 0.154. The average molecular weight is 410 g/mol. The molecule has 0 atom stereocenters. The highest BCUT2D eigenvalue weighted by atomic mass is 35.5. The Balaban J connectivity index is 1.74. The number of fused-ring (bicyclic) bond motifs is 1. The highest BCUT2D eigenvalue weighted by Crippen LogP contribution is 2.32. The van der Waals surface area contributed by atoms with Crippen LogP contribution in [0.4, 0.5) is 5.13 Å². The van der Waals surface area contributed by atoms with E-state index in [2.05, 4.69) is 9.97 Å². The molecule has 0 saturated carbocycles. The van der Waals surface area contributed by atoms with Crippen molar-refractivity contribution in [1.29, 1.82) is 0 Å². The van der Waals surface area contributed by atoms with E-state index >= 15 is 0 Å². The summed E-state index contributed by atoms with van der Waals surface area (Å²) in [5, 5.41) is 1.24. The SMILES string of the molecule is COc1ccc(C(=O)N(Cc2ccccn2)c2nc3ccc(Cl)cc3s2)cc1. The zero-order chi connectivity index (χ0) is 19.5. The molecule has 4 rings (SSSR count). The molecule has 0 spiro atoms. The van der Waals surface area contributed by atoms with Gasteiger partial charge in [-0.3, -0.25) is 14.7 Å². The topological polar surface area (TPSA) is 55.3 Å². The molecule has 0 fully saturated rings. The molecule has 0 radical (unpaired) electrons. The number of rotatable bonds is 5. The molecule has 140 valence electrons. The van der Waals surface area contributed by atoms with Crippen LogP contribution in [0.25, 0.3) is 10.2 Å². The maximum Gasteiger partial charge on any atom is 0.260 e. The van der Waals surface area contributed by atoms with E-state index in [0.29, 0.717) is 28.0 Å². The number of hydrogen-bond acceptors (Lipinski definition) is 5. The summed E-state index contributed by atoms with van der Waals surface area (Å²) in [4.78, 5) is 23.9. The van der Waals surface area contributed by atoms with Crippen LogP contribution in [-0.4, -0.2) is 23.0 Å². The minimum Gasteiger partial charge on any atom is -0.497 e.